The number of hydrogen-bond donors (Lipinski definition) is 2. The number of hydrazone groups is 1. The Bertz CT molecular complexity index is 1440. The van der Waals surface area contributed by atoms with Crippen molar-refractivity contribution >= 4 is 34.6 Å². The zero-order valence-corrected chi connectivity index (χ0v) is 20.6. The molecule has 0 aliphatic rings. The number of carbonyl (C=O) groups is 2. The average molecular weight is 521 g/mol. The molecular weight excluding hydrogens is 498 g/mol. The molecule has 0 spiro atoms. The molecule has 196 valence electrons. The first-order valence-corrected chi connectivity index (χ1v) is 11.2. The summed E-state index contributed by atoms with van der Waals surface area (Å²) >= 11 is 0. The number of carbonyl (C=O) groups excluding carboxylic acids is 2. The second-order valence-electron chi connectivity index (χ2n) is 7.74. The highest BCUT2D eigenvalue weighted by Gasteiger charge is 2.22. The fourth-order valence-corrected chi connectivity index (χ4v) is 3.32. The minimum atomic E-state index is -0.965. The number of para-hydroxylation sites is 1. The highest BCUT2D eigenvalue weighted by Crippen LogP contribution is 2.38. The van der Waals surface area contributed by atoms with E-state index in [2.05, 4.69) is 15.8 Å². The average Bonchev–Trinajstić information content (AvgIpc) is 2.91. The van der Waals surface area contributed by atoms with Crippen LogP contribution in [0.1, 0.15) is 25.0 Å². The van der Waals surface area contributed by atoms with E-state index in [1.165, 1.54) is 19.2 Å². The van der Waals surface area contributed by atoms with Crippen LogP contribution in [0.3, 0.4) is 0 Å². The number of nitro benzene ring substituents is 2. The van der Waals surface area contributed by atoms with Crippen LogP contribution in [0.2, 0.25) is 0 Å². The van der Waals surface area contributed by atoms with E-state index in [0.717, 1.165) is 23.8 Å². The number of methoxy groups -OCH3 is 1. The van der Waals surface area contributed by atoms with Crippen LogP contribution in [0.15, 0.2) is 65.8 Å². The molecule has 0 aliphatic carbocycles. The molecule has 0 saturated heterocycles. The van der Waals surface area contributed by atoms with Gasteiger partial charge in [0.1, 0.15) is 0 Å². The first-order chi connectivity index (χ1) is 18.1. The van der Waals surface area contributed by atoms with Crippen molar-refractivity contribution in [3.05, 3.63) is 92.0 Å². The van der Waals surface area contributed by atoms with Gasteiger partial charge in [-0.05, 0) is 49.2 Å². The minimum absolute atomic E-state index is 0.0963. The van der Waals surface area contributed by atoms with Gasteiger partial charge in [-0.2, -0.15) is 5.10 Å². The molecule has 13 nitrogen and oxygen atoms in total. The van der Waals surface area contributed by atoms with E-state index in [9.17, 15) is 29.8 Å². The Kier molecular flexibility index (Phi) is 8.66. The van der Waals surface area contributed by atoms with Crippen LogP contribution in [-0.4, -0.2) is 34.5 Å². The SMILES string of the molecule is CCc1ccccc1NC(=O)C(=O)N/N=C(\C)c1ccc(Oc2ccc([N+](=O)[O-])cc2[N+](=O)[O-])c(OC)c1. The predicted octanol–water partition coefficient (Wildman–Crippen LogP) is 4.35. The van der Waals surface area contributed by atoms with Gasteiger partial charge in [0.15, 0.2) is 11.5 Å². The van der Waals surface area contributed by atoms with E-state index in [4.69, 9.17) is 9.47 Å². The number of aryl methyl sites for hydroxylation is 1. The van der Waals surface area contributed by atoms with Gasteiger partial charge in [-0.15, -0.1) is 0 Å². The zero-order chi connectivity index (χ0) is 27.8. The first kappa shape index (κ1) is 27.3. The van der Waals surface area contributed by atoms with Crippen molar-refractivity contribution < 1.29 is 28.9 Å². The van der Waals surface area contributed by atoms with E-state index in [-0.39, 0.29) is 17.2 Å². The van der Waals surface area contributed by atoms with Crippen molar-refractivity contribution in [1.82, 2.24) is 5.43 Å². The number of non-ortho nitro benzene ring substituents is 1. The summed E-state index contributed by atoms with van der Waals surface area (Å²) in [5.74, 6) is -1.80. The maximum absolute atomic E-state index is 12.3. The number of hydrogen-bond acceptors (Lipinski definition) is 9. The summed E-state index contributed by atoms with van der Waals surface area (Å²) in [5.41, 5.74) is 3.38. The Balaban J connectivity index is 1.75. The highest BCUT2D eigenvalue weighted by atomic mass is 16.6. The lowest BCUT2D eigenvalue weighted by atomic mass is 10.1. The molecule has 3 aromatic rings. The number of rotatable bonds is 9. The summed E-state index contributed by atoms with van der Waals surface area (Å²) in [4.78, 5) is 45.3. The molecule has 0 radical (unpaired) electrons. The summed E-state index contributed by atoms with van der Waals surface area (Å²) in [6.07, 6.45) is 0.675. The van der Waals surface area contributed by atoms with Gasteiger partial charge in [-0.3, -0.25) is 29.8 Å². The van der Waals surface area contributed by atoms with Gasteiger partial charge in [-0.1, -0.05) is 25.1 Å². The molecule has 2 N–H and O–H groups in total. The minimum Gasteiger partial charge on any atom is -0.493 e. The topological polar surface area (TPSA) is 175 Å². The maximum atomic E-state index is 12.3. The summed E-state index contributed by atoms with van der Waals surface area (Å²) < 4.78 is 10.9. The first-order valence-electron chi connectivity index (χ1n) is 11.2. The molecule has 0 atom stereocenters. The van der Waals surface area contributed by atoms with Crippen molar-refractivity contribution in [2.24, 2.45) is 5.10 Å². The molecule has 0 saturated carbocycles. The van der Waals surface area contributed by atoms with Crippen LogP contribution in [-0.2, 0) is 16.0 Å². The number of ether oxygens (including phenoxy) is 2. The molecule has 0 bridgehead atoms. The highest BCUT2D eigenvalue weighted by molar-refractivity contribution is 6.39. The van der Waals surface area contributed by atoms with Gasteiger partial charge in [0, 0.05) is 17.3 Å². The van der Waals surface area contributed by atoms with Crippen LogP contribution in [0.5, 0.6) is 17.2 Å². The number of anilines is 1. The Morgan fingerprint density at radius 2 is 1.63 bits per heavy atom. The summed E-state index contributed by atoms with van der Waals surface area (Å²) in [5, 5.41) is 28.9. The molecule has 0 unspecified atom stereocenters. The van der Waals surface area contributed by atoms with Gasteiger partial charge in [-0.25, -0.2) is 5.43 Å². The molecule has 0 aromatic heterocycles. The normalized spacial score (nSPS) is 10.9. The van der Waals surface area contributed by atoms with Crippen molar-refractivity contribution in [2.45, 2.75) is 20.3 Å². The second-order valence-corrected chi connectivity index (χ2v) is 7.74. The smallest absolute Gasteiger partial charge is 0.329 e. The van der Waals surface area contributed by atoms with E-state index >= 15 is 0 Å². The summed E-state index contributed by atoms with van der Waals surface area (Å²) in [6.45, 7) is 3.51. The molecule has 0 heterocycles. The molecular formula is C25H23N5O8. The number of nitro groups is 2. The van der Waals surface area contributed by atoms with Gasteiger partial charge in [0.25, 0.3) is 5.69 Å². The maximum Gasteiger partial charge on any atom is 0.329 e. The number of nitrogens with one attached hydrogen (secondary N) is 2. The van der Waals surface area contributed by atoms with E-state index in [1.807, 2.05) is 19.1 Å². The lowest BCUT2D eigenvalue weighted by molar-refractivity contribution is -0.394. The Morgan fingerprint density at radius 3 is 2.29 bits per heavy atom. The zero-order valence-electron chi connectivity index (χ0n) is 20.6. The number of amides is 2. The Labute approximate surface area is 216 Å². The van der Waals surface area contributed by atoms with Crippen molar-refractivity contribution in [2.75, 3.05) is 12.4 Å². The second kappa shape index (κ2) is 12.1. The molecule has 3 aromatic carbocycles. The monoisotopic (exact) mass is 521 g/mol. The third-order valence-corrected chi connectivity index (χ3v) is 5.33. The molecule has 2 amide bonds. The fourth-order valence-electron chi connectivity index (χ4n) is 3.32. The fraction of sp³-hybridized carbons (Fsp3) is 0.160. The van der Waals surface area contributed by atoms with Crippen LogP contribution in [0, 0.1) is 20.2 Å². The quantitative estimate of drug-likeness (QED) is 0.181. The molecule has 13 heteroatoms. The lowest BCUT2D eigenvalue weighted by Gasteiger charge is -2.12. The van der Waals surface area contributed by atoms with Crippen LogP contribution in [0.25, 0.3) is 0 Å². The van der Waals surface area contributed by atoms with Crippen LogP contribution < -0.4 is 20.2 Å². The Morgan fingerprint density at radius 1 is 0.921 bits per heavy atom. The summed E-state index contributed by atoms with van der Waals surface area (Å²) in [6, 6.07) is 14.6. The van der Waals surface area contributed by atoms with Crippen LogP contribution >= 0.6 is 0 Å². The Hall–Kier alpha value is -5.33. The molecule has 3 rings (SSSR count). The third kappa shape index (κ3) is 6.46. The molecule has 0 aliphatic heterocycles. The lowest BCUT2D eigenvalue weighted by Crippen LogP contribution is -2.33. The van der Waals surface area contributed by atoms with Crippen molar-refractivity contribution in [3.63, 3.8) is 0 Å². The predicted molar refractivity (Wildman–Crippen MR) is 138 cm³/mol. The molecule has 38 heavy (non-hydrogen) atoms. The van der Waals surface area contributed by atoms with E-state index in [0.29, 0.717) is 23.4 Å². The van der Waals surface area contributed by atoms with Gasteiger partial charge < -0.3 is 14.8 Å². The van der Waals surface area contributed by atoms with Crippen molar-refractivity contribution in [3.8, 4) is 17.2 Å². The van der Waals surface area contributed by atoms with Crippen LogP contribution in [0.4, 0.5) is 17.1 Å². The standard InChI is InChI=1S/C25H23N5O8/c1-4-16-7-5-6-8-19(16)26-24(31)25(32)28-27-15(2)17-9-11-22(23(13-17)37-3)38-21-12-10-18(29(33)34)14-20(21)30(35)36/h5-14H,4H2,1-3H3,(H,26,31)(H,28,32)/b27-15+. The third-order valence-electron chi connectivity index (χ3n) is 5.33. The van der Waals surface area contributed by atoms with E-state index in [1.54, 1.807) is 25.1 Å². The summed E-state index contributed by atoms with van der Waals surface area (Å²) in [7, 11) is 1.35. The number of benzene rings is 3. The molecule has 0 fully saturated rings. The largest absolute Gasteiger partial charge is 0.493 e. The van der Waals surface area contributed by atoms with Gasteiger partial charge in [0.2, 0.25) is 5.75 Å². The van der Waals surface area contributed by atoms with Gasteiger partial charge >= 0.3 is 17.5 Å². The van der Waals surface area contributed by atoms with E-state index < -0.39 is 33.0 Å². The van der Waals surface area contributed by atoms with Crippen molar-refractivity contribution in [1.29, 1.82) is 0 Å². The van der Waals surface area contributed by atoms with Gasteiger partial charge in [0.05, 0.1) is 28.7 Å². The number of nitrogens with zero attached hydrogens (tertiary/aromatic N) is 3.